The lowest BCUT2D eigenvalue weighted by molar-refractivity contribution is -0.219. The van der Waals surface area contributed by atoms with Crippen LogP contribution in [0.3, 0.4) is 0 Å². The van der Waals surface area contributed by atoms with Gasteiger partial charge in [-0.1, -0.05) is 12.2 Å². The normalized spacial score (nSPS) is 34.5. The van der Waals surface area contributed by atoms with E-state index in [2.05, 4.69) is 77.0 Å². The molecule has 0 saturated carbocycles. The van der Waals surface area contributed by atoms with Gasteiger partial charge in [-0.3, -0.25) is 70.3 Å². The van der Waals surface area contributed by atoms with Gasteiger partial charge in [0.2, 0.25) is 11.9 Å². The summed E-state index contributed by atoms with van der Waals surface area (Å²) in [6, 6.07) is 0. The minimum absolute atomic E-state index is 0.00843. The Hall–Kier alpha value is -6.06. The van der Waals surface area contributed by atoms with E-state index in [4.69, 9.17) is 153 Å². The number of anilines is 4. The topological polar surface area (TPSA) is 658 Å². The van der Waals surface area contributed by atoms with Gasteiger partial charge in [0.25, 0.3) is 16.7 Å². The number of hydrogen-bond donors (Lipinski definition) is 13. The van der Waals surface area contributed by atoms with Gasteiger partial charge in [0.05, 0.1) is 88.9 Å². The van der Waals surface area contributed by atoms with E-state index in [1.807, 2.05) is 0 Å². The molecule has 8 unspecified atom stereocenters. The van der Waals surface area contributed by atoms with Crippen LogP contribution < -0.4 is 45.3 Å². The molecule has 0 amide bonds. The third-order valence-electron chi connectivity index (χ3n) is 21.4. The number of aliphatic hydroxyl groups excluding tert-OH is 1. The molecule has 117 heavy (non-hydrogen) atoms. The SMILES string of the molecule is COP(O)(=S)O[C@@H]1C[C@H](n2cnc3c(N)ncnc32)O[C@@H]1COP(O)(=S)O[C@@H]1C[C@H](n2cnc3c(N)ncnc32)O[C@@H]1COP(O)(=S)O[C@@H]1C2O[C@@H](C)[C@]1(COP(=O)(S)O[C@@H]1C3O[C@@H](C)[C@]1(COP(O)(=S)O[C@@H]1C4O[C@@H](C)[C@]1(CO)O[C@H]4n1cc(C)c(=O)[nH]c1=O)O[C@H]3n1cnc3c(=O)[nH]c(N)nc31)O[C@H]2n1cnc2c(=O)[nH]c(N)nc21. The molecule has 8 saturated heterocycles. The van der Waals surface area contributed by atoms with Crippen LogP contribution in [0.15, 0.2) is 63.3 Å². The highest BCUT2D eigenvalue weighted by molar-refractivity contribution is 8.44. The van der Waals surface area contributed by atoms with Gasteiger partial charge in [-0.25, -0.2) is 49.2 Å². The van der Waals surface area contributed by atoms with Crippen LogP contribution in [0.1, 0.15) is 70.3 Å². The summed E-state index contributed by atoms with van der Waals surface area (Å²) in [6.45, 7) is -20.6. The lowest BCUT2D eigenvalue weighted by Gasteiger charge is -2.38. The average molecular weight is 1830 g/mol. The molecule has 60 heteroatoms. The van der Waals surface area contributed by atoms with Gasteiger partial charge < -0.3 is 113 Å². The fourth-order valence-corrected chi connectivity index (χ4v) is 22.6. The number of nitrogens with two attached hydrogens (primary N) is 4. The van der Waals surface area contributed by atoms with Gasteiger partial charge in [0, 0.05) is 31.7 Å². The second kappa shape index (κ2) is 30.5. The van der Waals surface area contributed by atoms with Crippen molar-refractivity contribution in [2.24, 2.45) is 0 Å². The van der Waals surface area contributed by atoms with E-state index in [1.54, 1.807) is 11.5 Å². The van der Waals surface area contributed by atoms with Crippen LogP contribution in [-0.4, -0.2) is 249 Å². The van der Waals surface area contributed by atoms with Gasteiger partial charge in [-0.2, -0.15) is 9.97 Å². The molecule has 0 radical (unpaired) electrons. The van der Waals surface area contributed by atoms with Crippen molar-refractivity contribution in [3.05, 3.63) is 91.3 Å². The maximum Gasteiger partial charge on any atom is 0.386 e. The summed E-state index contributed by atoms with van der Waals surface area (Å²) < 4.78 is 135. The van der Waals surface area contributed by atoms with E-state index in [9.17, 15) is 43.9 Å². The molecule has 0 aliphatic carbocycles. The van der Waals surface area contributed by atoms with E-state index in [0.29, 0.717) is 5.65 Å². The minimum atomic E-state index is -5.03. The van der Waals surface area contributed by atoms with Gasteiger partial charge in [-0.05, 0) is 74.9 Å². The minimum Gasteiger partial charge on any atom is -0.393 e. The Balaban J connectivity index is 0.644. The Morgan fingerprint density at radius 3 is 1.42 bits per heavy atom. The Morgan fingerprint density at radius 2 is 0.932 bits per heavy atom. The van der Waals surface area contributed by atoms with Crippen molar-refractivity contribution in [3.8, 4) is 0 Å². The van der Waals surface area contributed by atoms with Crippen molar-refractivity contribution >= 4 is 161 Å². The summed E-state index contributed by atoms with van der Waals surface area (Å²) in [6.07, 6.45) is -14.5. The molecule has 17 rings (SSSR count). The number of nitrogen functional groups attached to an aromatic ring is 4. The first-order valence-electron chi connectivity index (χ1n) is 35.1. The van der Waals surface area contributed by atoms with E-state index in [0.717, 1.165) is 11.7 Å². The van der Waals surface area contributed by atoms with Crippen LogP contribution in [0, 0.1) is 6.92 Å². The van der Waals surface area contributed by atoms with Crippen molar-refractivity contribution in [1.29, 1.82) is 0 Å². The molecule has 0 spiro atoms. The quantitative estimate of drug-likeness (QED) is 0.0206. The molecule has 26 atom stereocenters. The number of aromatic amines is 3. The first-order chi connectivity index (χ1) is 55.3. The van der Waals surface area contributed by atoms with E-state index in [-0.39, 0.29) is 80.9 Å². The number of nitrogens with one attached hydrogen (secondary N) is 3. The number of aromatic nitrogens is 18. The van der Waals surface area contributed by atoms with E-state index < -0.39 is 216 Å². The largest absolute Gasteiger partial charge is 0.393 e. The molecular formula is C57H71N22O28P5S5. The van der Waals surface area contributed by atoms with Crippen LogP contribution >= 0.6 is 45.9 Å². The number of thiol groups is 1. The fourth-order valence-electron chi connectivity index (χ4n) is 15.7. The molecule has 8 aliphatic rings. The number of fused-ring (bicyclic) bond motifs is 10. The lowest BCUT2D eigenvalue weighted by atomic mass is 9.94. The van der Waals surface area contributed by atoms with Crippen molar-refractivity contribution in [1.82, 2.24) is 87.6 Å². The lowest BCUT2D eigenvalue weighted by Crippen LogP contribution is -2.51. The number of rotatable bonds is 29. The number of aryl methyl sites for hydroxylation is 1. The summed E-state index contributed by atoms with van der Waals surface area (Å²) in [5, 5.41) is 11.0. The molecular weight excluding hydrogens is 1760 g/mol. The molecule has 16 N–H and O–H groups in total. The zero-order valence-corrected chi connectivity index (χ0v) is 69.5. The monoisotopic (exact) mass is 1830 g/mol. The number of H-pyrrole nitrogens is 3. The molecule has 6 bridgehead atoms. The molecule has 17 heterocycles. The highest BCUT2D eigenvalue weighted by Gasteiger charge is 2.72. The van der Waals surface area contributed by atoms with Crippen molar-refractivity contribution < 1.29 is 112 Å². The maximum absolute atomic E-state index is 15.6. The van der Waals surface area contributed by atoms with Crippen molar-refractivity contribution in [2.45, 2.75) is 168 Å². The maximum atomic E-state index is 15.6. The number of ether oxygens (including phenoxy) is 8. The smallest absolute Gasteiger partial charge is 0.386 e. The summed E-state index contributed by atoms with van der Waals surface area (Å²) in [5.74, 6) is -0.516. The second-order valence-corrected chi connectivity index (χ2v) is 42.4. The van der Waals surface area contributed by atoms with E-state index >= 15 is 4.57 Å². The van der Waals surface area contributed by atoms with Crippen LogP contribution in [0.2, 0.25) is 0 Å². The Labute approximate surface area is 679 Å². The second-order valence-electron chi connectivity index (χ2n) is 28.2. The first kappa shape index (κ1) is 83.2. The highest BCUT2D eigenvalue weighted by atomic mass is 32.7. The zero-order chi connectivity index (χ0) is 82.9. The average Bonchev–Trinajstić information content (AvgIpc) is 1.55. The van der Waals surface area contributed by atoms with E-state index in [1.165, 1.54) is 78.6 Å². The third kappa shape index (κ3) is 14.8. The van der Waals surface area contributed by atoms with Crippen LogP contribution in [0.5, 0.6) is 0 Å². The molecule has 8 fully saturated rings. The van der Waals surface area contributed by atoms with Crippen LogP contribution in [0.25, 0.3) is 44.7 Å². The molecule has 9 aromatic rings. The van der Waals surface area contributed by atoms with Gasteiger partial charge in [0.1, 0.15) is 102 Å². The Bertz CT molecular complexity index is 5970. The first-order valence-corrected chi connectivity index (χ1v) is 48.1. The van der Waals surface area contributed by atoms with Crippen molar-refractivity contribution in [2.75, 3.05) is 63.1 Å². The Kier molecular flexibility index (Phi) is 21.7. The summed E-state index contributed by atoms with van der Waals surface area (Å²) in [4.78, 5) is 149. The Morgan fingerprint density at radius 1 is 0.521 bits per heavy atom. The molecule has 632 valence electrons. The molecule has 9 aromatic heterocycles. The summed E-state index contributed by atoms with van der Waals surface area (Å²) >= 11 is 26.9. The number of nitrogens with zero attached hydrogens (tertiary/aromatic N) is 15. The molecule has 50 nitrogen and oxygen atoms in total. The molecule has 0 aromatic carbocycles. The molecule has 8 aliphatic heterocycles. The predicted octanol–water partition coefficient (Wildman–Crippen LogP) is -0.604. The highest BCUT2D eigenvalue weighted by Crippen LogP contribution is 2.66. The van der Waals surface area contributed by atoms with Gasteiger partial charge >= 0.3 is 39.4 Å². The zero-order valence-electron chi connectivity index (χ0n) is 60.8. The van der Waals surface area contributed by atoms with Crippen LogP contribution in [-0.2, 0) is 135 Å². The number of aliphatic hydroxyl groups is 1. The van der Waals surface area contributed by atoms with Crippen LogP contribution in [0.4, 0.5) is 23.5 Å². The van der Waals surface area contributed by atoms with Crippen molar-refractivity contribution in [3.63, 3.8) is 0 Å². The third-order valence-corrected chi connectivity index (χ3v) is 29.4. The fraction of sp³-hybridized carbons (Fsp3) is 0.579. The number of imidazole rings is 4. The number of hydrogen-bond acceptors (Lipinski definition) is 42. The summed E-state index contributed by atoms with van der Waals surface area (Å²) in [7, 11) is 1.16. The standard InChI is InChI=1S/C57H71N22O28P5S5/c1-20-8-75(54(84)74-46(20)81)49-34-37(55(11-80,100-49)21(2)95-34)105-111(88,116)93-13-57-23(4)97-36(51(102-57)79-19-69-33-45(79)71-53(61)73-48(33)83)39(57)107-112(89,117)94-12-56-22(3)96-35(50(101-56)78-18-68-32-44(78)70-52(60)72-47(32)82)38(56)106-110(87,115)92-10-27-25(7-29(99-27)77-17-67-31-41(59)63-15-65-43(31)77)104-109(86,114)91-9-26-24(103-108(85,113)90-5)6-28(98-26)76-16-66-30-40(58)62-14-64-42(30)76/h8,14-19,21-29,34-39,49-51,80H,6-7,9-13H2,1-5H3,(H,85,113)(H,86,114)(H,87,115)(H,88,116)(H,89,117)(H2,58,62,64)(H2,59,63,65)(H,74,81,84)(H3,60,70,72,82)(H3,61,71,73,83)/t21-,22-,23-,24+,25+,26+,27+,28+,29+,34?,35?,36?,37+,38+,39+,49+,50+,51+,55-,56-,57-,108?,109?,110?,111?,112?/m0/s1. The van der Waals surface area contributed by atoms with Gasteiger partial charge in [-0.15, -0.1) is 0 Å². The predicted molar refractivity (Wildman–Crippen MR) is 414 cm³/mol. The summed E-state index contributed by atoms with van der Waals surface area (Å²) in [5.41, 5.74) is 15.9. The van der Waals surface area contributed by atoms with Gasteiger partial charge in [0.15, 0.2) is 63.9 Å².